The average Bonchev–Trinajstić information content (AvgIpc) is 2.37. The fourth-order valence-electron chi connectivity index (χ4n) is 3.15. The molecule has 1 saturated heterocycles. The van der Waals surface area contributed by atoms with Crippen LogP contribution in [0.2, 0.25) is 0 Å². The molecule has 2 aliphatic rings. The number of hydrogen-bond acceptors (Lipinski definition) is 4. The van der Waals surface area contributed by atoms with Crippen molar-refractivity contribution in [3.8, 4) is 0 Å². The predicted molar refractivity (Wildman–Crippen MR) is 73.2 cm³/mol. The lowest BCUT2D eigenvalue weighted by atomic mass is 9.74. The number of carboxylic acids is 1. The van der Waals surface area contributed by atoms with Crippen molar-refractivity contribution in [3.05, 3.63) is 0 Å². The summed E-state index contributed by atoms with van der Waals surface area (Å²) in [5, 5.41) is 17.8. The normalized spacial score (nSPS) is 27.4. The van der Waals surface area contributed by atoms with Crippen molar-refractivity contribution in [3.63, 3.8) is 0 Å². The molecule has 0 spiro atoms. The zero-order valence-corrected chi connectivity index (χ0v) is 12.0. The fourth-order valence-corrected chi connectivity index (χ4v) is 3.15. The number of amides is 1. The Morgan fingerprint density at radius 1 is 1.20 bits per heavy atom. The summed E-state index contributed by atoms with van der Waals surface area (Å²) in [6.45, 7) is 2.32. The minimum atomic E-state index is -0.779. The van der Waals surface area contributed by atoms with Gasteiger partial charge in [-0.25, -0.2) is 0 Å². The smallest absolute Gasteiger partial charge is 0.306 e. The number of rotatable bonds is 5. The molecule has 20 heavy (non-hydrogen) atoms. The molecule has 2 N–H and O–H groups in total. The van der Waals surface area contributed by atoms with Crippen LogP contribution in [-0.2, 0) is 9.59 Å². The Morgan fingerprint density at radius 3 is 2.30 bits per heavy atom. The number of aliphatic hydroxyl groups is 1. The standard InChI is InChI=1S/C14H24N2O4/c1-15(6-7-17)12-2-4-16(5-3-12)13(18)10-8-11(9-10)14(19)20/h10-12,17H,2-9H2,1H3,(H,19,20). The van der Waals surface area contributed by atoms with Crippen LogP contribution in [0.15, 0.2) is 0 Å². The summed E-state index contributed by atoms with van der Waals surface area (Å²) in [5.74, 6) is -1.05. The van der Waals surface area contributed by atoms with Gasteiger partial charge in [-0.05, 0) is 32.7 Å². The molecule has 0 aromatic carbocycles. The molecule has 1 saturated carbocycles. The van der Waals surface area contributed by atoms with E-state index in [9.17, 15) is 9.59 Å². The van der Waals surface area contributed by atoms with Crippen LogP contribution >= 0.6 is 0 Å². The molecule has 1 aliphatic carbocycles. The fraction of sp³-hybridized carbons (Fsp3) is 0.857. The van der Waals surface area contributed by atoms with Crippen LogP contribution in [0.1, 0.15) is 25.7 Å². The minimum Gasteiger partial charge on any atom is -0.481 e. The van der Waals surface area contributed by atoms with E-state index in [0.29, 0.717) is 25.4 Å². The lowest BCUT2D eigenvalue weighted by Gasteiger charge is -2.40. The molecule has 0 aromatic heterocycles. The third-order valence-electron chi connectivity index (χ3n) is 4.69. The molecular weight excluding hydrogens is 260 g/mol. The van der Waals surface area contributed by atoms with Gasteiger partial charge >= 0.3 is 5.97 Å². The van der Waals surface area contributed by atoms with E-state index in [1.807, 2.05) is 11.9 Å². The lowest BCUT2D eigenvalue weighted by molar-refractivity contribution is -0.152. The Labute approximate surface area is 119 Å². The molecule has 2 rings (SSSR count). The van der Waals surface area contributed by atoms with Gasteiger partial charge in [0.15, 0.2) is 0 Å². The molecule has 0 unspecified atom stereocenters. The molecule has 0 radical (unpaired) electrons. The average molecular weight is 284 g/mol. The Kier molecular flexibility index (Phi) is 4.99. The first-order chi connectivity index (χ1) is 9.52. The Balaban J connectivity index is 1.74. The summed E-state index contributed by atoms with van der Waals surface area (Å²) in [6.07, 6.45) is 2.85. The molecule has 1 amide bonds. The van der Waals surface area contributed by atoms with Crippen molar-refractivity contribution >= 4 is 11.9 Å². The molecule has 114 valence electrons. The number of hydrogen-bond donors (Lipinski definition) is 2. The number of likely N-dealkylation sites (N-methyl/N-ethyl adjacent to an activating group) is 1. The highest BCUT2D eigenvalue weighted by molar-refractivity contribution is 5.83. The quantitative estimate of drug-likeness (QED) is 0.743. The molecule has 0 atom stereocenters. The van der Waals surface area contributed by atoms with E-state index >= 15 is 0 Å². The first-order valence-corrected chi connectivity index (χ1v) is 7.35. The number of nitrogens with zero attached hydrogens (tertiary/aromatic N) is 2. The van der Waals surface area contributed by atoms with Crippen molar-refractivity contribution in [2.45, 2.75) is 31.7 Å². The van der Waals surface area contributed by atoms with E-state index in [4.69, 9.17) is 10.2 Å². The summed E-state index contributed by atoms with van der Waals surface area (Å²) < 4.78 is 0. The topological polar surface area (TPSA) is 81.1 Å². The van der Waals surface area contributed by atoms with Crippen LogP contribution in [0, 0.1) is 11.8 Å². The van der Waals surface area contributed by atoms with Crippen molar-refractivity contribution < 1.29 is 19.8 Å². The number of aliphatic carboxylic acids is 1. The van der Waals surface area contributed by atoms with Gasteiger partial charge in [-0.15, -0.1) is 0 Å². The van der Waals surface area contributed by atoms with Crippen molar-refractivity contribution in [2.24, 2.45) is 11.8 Å². The number of piperidine rings is 1. The summed E-state index contributed by atoms with van der Waals surface area (Å²) in [5.41, 5.74) is 0. The number of carbonyl (C=O) groups is 2. The SMILES string of the molecule is CN(CCO)C1CCN(C(=O)C2CC(C(=O)O)C2)CC1. The van der Waals surface area contributed by atoms with E-state index in [1.165, 1.54) is 0 Å². The number of likely N-dealkylation sites (tertiary alicyclic amines) is 1. The van der Waals surface area contributed by atoms with E-state index in [0.717, 1.165) is 25.9 Å². The van der Waals surface area contributed by atoms with Gasteiger partial charge in [0.1, 0.15) is 0 Å². The monoisotopic (exact) mass is 284 g/mol. The van der Waals surface area contributed by atoms with Gasteiger partial charge in [-0.2, -0.15) is 0 Å². The second-order valence-corrected chi connectivity index (χ2v) is 5.96. The van der Waals surface area contributed by atoms with Crippen LogP contribution in [-0.4, -0.2) is 71.2 Å². The van der Waals surface area contributed by atoms with E-state index in [-0.39, 0.29) is 24.3 Å². The number of carbonyl (C=O) groups excluding carboxylic acids is 1. The van der Waals surface area contributed by atoms with Gasteiger partial charge in [0.05, 0.1) is 12.5 Å². The minimum absolute atomic E-state index is 0.0807. The first kappa shape index (κ1) is 15.3. The van der Waals surface area contributed by atoms with Crippen LogP contribution in [0.3, 0.4) is 0 Å². The maximum Gasteiger partial charge on any atom is 0.306 e. The van der Waals surface area contributed by atoms with Crippen LogP contribution in [0.25, 0.3) is 0 Å². The Morgan fingerprint density at radius 2 is 1.80 bits per heavy atom. The largest absolute Gasteiger partial charge is 0.481 e. The highest BCUT2D eigenvalue weighted by Gasteiger charge is 2.41. The third-order valence-corrected chi connectivity index (χ3v) is 4.69. The lowest BCUT2D eigenvalue weighted by Crippen LogP contribution is -2.50. The van der Waals surface area contributed by atoms with Gasteiger partial charge in [0.25, 0.3) is 0 Å². The molecular formula is C14H24N2O4. The molecule has 2 fully saturated rings. The van der Waals surface area contributed by atoms with Crippen molar-refractivity contribution in [2.75, 3.05) is 33.3 Å². The van der Waals surface area contributed by atoms with Gasteiger partial charge in [-0.3, -0.25) is 9.59 Å². The highest BCUT2D eigenvalue weighted by Crippen LogP contribution is 2.35. The van der Waals surface area contributed by atoms with Crippen LogP contribution in [0.5, 0.6) is 0 Å². The summed E-state index contributed by atoms with van der Waals surface area (Å²) >= 11 is 0. The molecule has 0 bridgehead atoms. The molecule has 1 aliphatic heterocycles. The zero-order chi connectivity index (χ0) is 14.7. The number of carboxylic acid groups (broad SMARTS) is 1. The molecule has 6 nitrogen and oxygen atoms in total. The summed E-state index contributed by atoms with van der Waals surface area (Å²) in [4.78, 5) is 27.0. The summed E-state index contributed by atoms with van der Waals surface area (Å²) in [6, 6.07) is 0.430. The first-order valence-electron chi connectivity index (χ1n) is 7.35. The van der Waals surface area contributed by atoms with Crippen molar-refractivity contribution in [1.82, 2.24) is 9.80 Å². The maximum absolute atomic E-state index is 12.2. The van der Waals surface area contributed by atoms with E-state index in [1.54, 1.807) is 0 Å². The van der Waals surface area contributed by atoms with Gasteiger partial charge in [-0.1, -0.05) is 0 Å². The molecule has 6 heteroatoms. The second-order valence-electron chi connectivity index (χ2n) is 5.96. The highest BCUT2D eigenvalue weighted by atomic mass is 16.4. The van der Waals surface area contributed by atoms with Gasteiger partial charge in [0, 0.05) is 31.6 Å². The van der Waals surface area contributed by atoms with Crippen LogP contribution in [0.4, 0.5) is 0 Å². The molecule has 0 aromatic rings. The molecule has 1 heterocycles. The number of aliphatic hydroxyl groups excluding tert-OH is 1. The van der Waals surface area contributed by atoms with Crippen molar-refractivity contribution in [1.29, 1.82) is 0 Å². The van der Waals surface area contributed by atoms with Gasteiger partial charge in [0.2, 0.25) is 5.91 Å². The zero-order valence-electron chi connectivity index (χ0n) is 12.0. The maximum atomic E-state index is 12.2. The third kappa shape index (κ3) is 3.30. The summed E-state index contributed by atoms with van der Waals surface area (Å²) in [7, 11) is 2.00. The second kappa shape index (κ2) is 6.54. The Bertz CT molecular complexity index is 360. The van der Waals surface area contributed by atoms with Crippen LogP contribution < -0.4 is 0 Å². The van der Waals surface area contributed by atoms with E-state index < -0.39 is 5.97 Å². The van der Waals surface area contributed by atoms with Gasteiger partial charge < -0.3 is 20.0 Å². The Hall–Kier alpha value is -1.14. The van der Waals surface area contributed by atoms with E-state index in [2.05, 4.69) is 4.90 Å². The predicted octanol–water partition coefficient (Wildman–Crippen LogP) is 0.0123.